The van der Waals surface area contributed by atoms with Crippen molar-refractivity contribution in [3.63, 3.8) is 0 Å². The van der Waals surface area contributed by atoms with Crippen LogP contribution in [0.15, 0.2) is 11.4 Å². The van der Waals surface area contributed by atoms with Crippen LogP contribution in [-0.4, -0.2) is 18.4 Å². The maximum absolute atomic E-state index is 11.9. The van der Waals surface area contributed by atoms with E-state index in [1.165, 1.54) is 43.4 Å². The van der Waals surface area contributed by atoms with Crippen LogP contribution in [-0.2, 0) is 0 Å². The number of nitrogens with one attached hydrogen (secondary N) is 1. The smallest absolute Gasteiger partial charge is 0.261 e. The first-order chi connectivity index (χ1) is 9.16. The number of carbonyl (C=O) groups is 2. The molecule has 1 aliphatic rings. The number of rotatable bonds is 5. The van der Waals surface area contributed by atoms with Gasteiger partial charge >= 0.3 is 0 Å². The van der Waals surface area contributed by atoms with E-state index in [1.807, 2.05) is 0 Å². The molecule has 0 aliphatic heterocycles. The zero-order chi connectivity index (χ0) is 13.7. The molecule has 0 unspecified atom stereocenters. The molecule has 1 aromatic rings. The second-order valence-corrected chi connectivity index (χ2v) is 6.02. The lowest BCUT2D eigenvalue weighted by Crippen LogP contribution is -2.25. The van der Waals surface area contributed by atoms with Crippen molar-refractivity contribution in [2.75, 3.05) is 6.54 Å². The Morgan fingerprint density at radius 2 is 2.05 bits per heavy atom. The van der Waals surface area contributed by atoms with Gasteiger partial charge in [0.15, 0.2) is 0 Å². The summed E-state index contributed by atoms with van der Waals surface area (Å²) in [6, 6.07) is 1.56. The molecule has 0 bridgehead atoms. The van der Waals surface area contributed by atoms with E-state index in [2.05, 4.69) is 5.32 Å². The lowest BCUT2D eigenvalue weighted by atomic mass is 9.87. The van der Waals surface area contributed by atoms with Gasteiger partial charge in [-0.1, -0.05) is 32.1 Å². The van der Waals surface area contributed by atoms with Crippen molar-refractivity contribution in [1.29, 1.82) is 0 Å². The molecule has 0 saturated heterocycles. The fourth-order valence-corrected chi connectivity index (χ4v) is 3.35. The van der Waals surface area contributed by atoms with E-state index >= 15 is 0 Å². The van der Waals surface area contributed by atoms with Crippen molar-refractivity contribution in [1.82, 2.24) is 5.32 Å². The number of primary amides is 1. The molecule has 1 fully saturated rings. The Kier molecular flexibility index (Phi) is 4.96. The van der Waals surface area contributed by atoms with Crippen molar-refractivity contribution in [2.24, 2.45) is 11.7 Å². The van der Waals surface area contributed by atoms with E-state index in [1.54, 1.807) is 11.4 Å². The fraction of sp³-hybridized carbons (Fsp3) is 0.571. The van der Waals surface area contributed by atoms with Gasteiger partial charge in [0.25, 0.3) is 5.91 Å². The van der Waals surface area contributed by atoms with Gasteiger partial charge in [0, 0.05) is 11.9 Å². The van der Waals surface area contributed by atoms with Crippen LogP contribution in [0.3, 0.4) is 0 Å². The summed E-state index contributed by atoms with van der Waals surface area (Å²) in [5.74, 6) is 0.171. The normalized spacial score (nSPS) is 16.2. The zero-order valence-electron chi connectivity index (χ0n) is 11.0. The highest BCUT2D eigenvalue weighted by molar-refractivity contribution is 7.12. The summed E-state index contributed by atoms with van der Waals surface area (Å²) >= 11 is 1.26. The van der Waals surface area contributed by atoms with Gasteiger partial charge in [-0.15, -0.1) is 11.3 Å². The van der Waals surface area contributed by atoms with Gasteiger partial charge in [-0.3, -0.25) is 9.59 Å². The number of nitrogens with two attached hydrogens (primary N) is 1. The molecule has 1 saturated carbocycles. The molecule has 2 amide bonds. The highest BCUT2D eigenvalue weighted by atomic mass is 32.1. The summed E-state index contributed by atoms with van der Waals surface area (Å²) in [6.45, 7) is 0.716. The number of hydrogen-bond acceptors (Lipinski definition) is 3. The predicted octanol–water partition coefficient (Wildman–Crippen LogP) is 2.55. The molecule has 3 N–H and O–H groups in total. The fourth-order valence-electron chi connectivity index (χ4n) is 2.54. The number of amides is 2. The van der Waals surface area contributed by atoms with Crippen LogP contribution >= 0.6 is 11.3 Å². The molecule has 5 heteroatoms. The SMILES string of the molecule is NC(=O)c1csc(C(=O)NCCC2CCCCC2)c1. The van der Waals surface area contributed by atoms with Crippen LogP contribution in [0.2, 0.25) is 0 Å². The molecule has 0 spiro atoms. The molecule has 0 aromatic carbocycles. The third kappa shape index (κ3) is 4.06. The summed E-state index contributed by atoms with van der Waals surface area (Å²) in [5, 5.41) is 4.54. The molecule has 2 rings (SSSR count). The monoisotopic (exact) mass is 280 g/mol. The first-order valence-electron chi connectivity index (χ1n) is 6.83. The predicted molar refractivity (Wildman–Crippen MR) is 76.4 cm³/mol. The molecule has 1 heterocycles. The Labute approximate surface area is 117 Å². The van der Waals surface area contributed by atoms with Crippen molar-refractivity contribution in [2.45, 2.75) is 38.5 Å². The molecule has 19 heavy (non-hydrogen) atoms. The second kappa shape index (κ2) is 6.70. The van der Waals surface area contributed by atoms with Gasteiger partial charge in [-0.25, -0.2) is 0 Å². The van der Waals surface area contributed by atoms with Crippen molar-refractivity contribution in [3.05, 3.63) is 21.9 Å². The first-order valence-corrected chi connectivity index (χ1v) is 7.71. The standard InChI is InChI=1S/C14H20N2O2S/c15-13(17)11-8-12(19-9-11)14(18)16-7-6-10-4-2-1-3-5-10/h8-10H,1-7H2,(H2,15,17)(H,16,18). The maximum Gasteiger partial charge on any atom is 0.261 e. The number of carbonyl (C=O) groups excluding carboxylic acids is 2. The molecule has 0 radical (unpaired) electrons. The average Bonchev–Trinajstić information content (AvgIpc) is 2.89. The molecule has 0 atom stereocenters. The third-order valence-corrected chi connectivity index (χ3v) is 4.60. The Morgan fingerprint density at radius 3 is 2.68 bits per heavy atom. The minimum Gasteiger partial charge on any atom is -0.366 e. The highest BCUT2D eigenvalue weighted by Gasteiger charge is 2.15. The molecule has 1 aliphatic carbocycles. The lowest BCUT2D eigenvalue weighted by Gasteiger charge is -2.21. The summed E-state index contributed by atoms with van der Waals surface area (Å²) in [7, 11) is 0. The quantitative estimate of drug-likeness (QED) is 0.870. The Morgan fingerprint density at radius 1 is 1.32 bits per heavy atom. The van der Waals surface area contributed by atoms with Crippen LogP contribution in [0.4, 0.5) is 0 Å². The van der Waals surface area contributed by atoms with Gasteiger partial charge in [0.05, 0.1) is 10.4 Å². The third-order valence-electron chi connectivity index (χ3n) is 3.67. The Hall–Kier alpha value is -1.36. The van der Waals surface area contributed by atoms with Gasteiger partial charge in [-0.05, 0) is 18.4 Å². The van der Waals surface area contributed by atoms with E-state index in [0.717, 1.165) is 12.3 Å². The maximum atomic E-state index is 11.9. The van der Waals surface area contributed by atoms with Gasteiger partial charge in [0.2, 0.25) is 5.91 Å². The number of thiophene rings is 1. The summed E-state index contributed by atoms with van der Waals surface area (Å²) < 4.78 is 0. The van der Waals surface area contributed by atoms with Gasteiger partial charge in [0.1, 0.15) is 0 Å². The highest BCUT2D eigenvalue weighted by Crippen LogP contribution is 2.25. The van der Waals surface area contributed by atoms with E-state index in [-0.39, 0.29) is 5.91 Å². The molecule has 4 nitrogen and oxygen atoms in total. The van der Waals surface area contributed by atoms with Crippen LogP contribution in [0.1, 0.15) is 58.6 Å². The van der Waals surface area contributed by atoms with Crippen molar-refractivity contribution < 1.29 is 9.59 Å². The zero-order valence-corrected chi connectivity index (χ0v) is 11.8. The van der Waals surface area contributed by atoms with E-state index in [9.17, 15) is 9.59 Å². The topological polar surface area (TPSA) is 72.2 Å². The second-order valence-electron chi connectivity index (χ2n) is 5.11. The van der Waals surface area contributed by atoms with Crippen LogP contribution in [0, 0.1) is 5.92 Å². The van der Waals surface area contributed by atoms with Crippen LogP contribution in [0.5, 0.6) is 0 Å². The van der Waals surface area contributed by atoms with Crippen molar-refractivity contribution >= 4 is 23.2 Å². The van der Waals surface area contributed by atoms with Gasteiger partial charge in [-0.2, -0.15) is 0 Å². The largest absolute Gasteiger partial charge is 0.366 e. The number of hydrogen-bond donors (Lipinski definition) is 2. The molecule has 104 valence electrons. The molecule has 1 aromatic heterocycles. The lowest BCUT2D eigenvalue weighted by molar-refractivity contribution is 0.0954. The minimum absolute atomic E-state index is 0.103. The van der Waals surface area contributed by atoms with Gasteiger partial charge < -0.3 is 11.1 Å². The molecular formula is C14H20N2O2S. The van der Waals surface area contributed by atoms with Crippen LogP contribution in [0.25, 0.3) is 0 Å². The van der Waals surface area contributed by atoms with Crippen molar-refractivity contribution in [3.8, 4) is 0 Å². The van der Waals surface area contributed by atoms with E-state index in [4.69, 9.17) is 5.73 Å². The summed E-state index contributed by atoms with van der Waals surface area (Å²) in [5.41, 5.74) is 5.57. The summed E-state index contributed by atoms with van der Waals surface area (Å²) in [6.07, 6.45) is 7.64. The Bertz CT molecular complexity index is 450. The average molecular weight is 280 g/mol. The first kappa shape index (κ1) is 14.1. The van der Waals surface area contributed by atoms with Crippen LogP contribution < -0.4 is 11.1 Å². The molecular weight excluding hydrogens is 260 g/mol. The minimum atomic E-state index is -0.488. The summed E-state index contributed by atoms with van der Waals surface area (Å²) in [4.78, 5) is 23.4. The Balaban J connectivity index is 1.75. The van der Waals surface area contributed by atoms with E-state index < -0.39 is 5.91 Å². The van der Waals surface area contributed by atoms with E-state index in [0.29, 0.717) is 17.0 Å².